The second-order valence-corrected chi connectivity index (χ2v) is 3.30. The predicted octanol–water partition coefficient (Wildman–Crippen LogP) is 1.08. The third-order valence-electron chi connectivity index (χ3n) is 2.11. The second-order valence-electron chi connectivity index (χ2n) is 3.30. The smallest absolute Gasteiger partial charge is 0.221 e. The molecule has 0 atom stereocenters. The molecule has 1 amide bonds. The average molecular weight is 221 g/mol. The van der Waals surface area contributed by atoms with Crippen molar-refractivity contribution in [1.82, 2.24) is 0 Å². The van der Waals surface area contributed by atoms with Crippen LogP contribution in [0.25, 0.3) is 6.08 Å². The Hall–Kier alpha value is -1.81. The van der Waals surface area contributed by atoms with E-state index in [-0.39, 0.29) is 18.9 Å². The van der Waals surface area contributed by atoms with Crippen LogP contribution in [0.1, 0.15) is 17.5 Å². The normalized spacial score (nSPS) is 10.6. The Morgan fingerprint density at radius 1 is 1.56 bits per heavy atom. The first kappa shape index (κ1) is 12.3. The number of hydrogen-bond donors (Lipinski definition) is 2. The van der Waals surface area contributed by atoms with E-state index in [0.29, 0.717) is 5.75 Å². The van der Waals surface area contributed by atoms with Gasteiger partial charge in [0.1, 0.15) is 5.75 Å². The topological polar surface area (TPSA) is 72.5 Å². The van der Waals surface area contributed by atoms with Crippen molar-refractivity contribution in [2.24, 2.45) is 5.73 Å². The fourth-order valence-electron chi connectivity index (χ4n) is 1.31. The summed E-state index contributed by atoms with van der Waals surface area (Å²) >= 11 is 0. The van der Waals surface area contributed by atoms with Crippen LogP contribution >= 0.6 is 0 Å². The molecule has 0 saturated heterocycles. The van der Waals surface area contributed by atoms with Crippen LogP contribution in [-0.4, -0.2) is 18.1 Å². The fourth-order valence-corrected chi connectivity index (χ4v) is 1.31. The number of aliphatic hydroxyl groups is 1. The molecule has 0 aliphatic rings. The first-order chi connectivity index (χ1) is 7.67. The summed E-state index contributed by atoms with van der Waals surface area (Å²) < 4.78 is 5.12. The van der Waals surface area contributed by atoms with Crippen molar-refractivity contribution in [3.8, 4) is 5.75 Å². The largest absolute Gasteiger partial charge is 0.496 e. The Balaban J connectivity index is 2.82. The Labute approximate surface area is 94.3 Å². The zero-order valence-electron chi connectivity index (χ0n) is 9.14. The molecule has 0 spiro atoms. The number of nitrogens with two attached hydrogens (primary N) is 1. The summed E-state index contributed by atoms with van der Waals surface area (Å²) in [6, 6.07) is 5.41. The zero-order valence-corrected chi connectivity index (χ0v) is 9.14. The standard InChI is InChI=1S/C12H15NO3/c1-16-11-7-9(3-2-4-12(13)15)5-6-10(11)8-14/h2-3,5-7,14H,4,8H2,1H3,(H2,13,15). The maximum Gasteiger partial charge on any atom is 0.221 e. The zero-order chi connectivity index (χ0) is 12.0. The first-order valence-electron chi connectivity index (χ1n) is 4.90. The summed E-state index contributed by atoms with van der Waals surface area (Å²) in [4.78, 5) is 10.5. The SMILES string of the molecule is COc1cc(C=CCC(N)=O)ccc1CO. The molecule has 1 aromatic rings. The summed E-state index contributed by atoms with van der Waals surface area (Å²) in [7, 11) is 1.55. The van der Waals surface area contributed by atoms with Crippen LogP contribution in [0.4, 0.5) is 0 Å². The maximum absolute atomic E-state index is 10.5. The lowest BCUT2D eigenvalue weighted by Crippen LogP contribution is -2.07. The molecule has 1 aromatic carbocycles. The van der Waals surface area contributed by atoms with Crippen LogP contribution in [0.3, 0.4) is 0 Å². The number of hydrogen-bond acceptors (Lipinski definition) is 3. The van der Waals surface area contributed by atoms with Crippen LogP contribution in [0.15, 0.2) is 24.3 Å². The van der Waals surface area contributed by atoms with Crippen molar-refractivity contribution >= 4 is 12.0 Å². The molecule has 0 aliphatic carbocycles. The van der Waals surface area contributed by atoms with E-state index in [1.54, 1.807) is 31.4 Å². The molecule has 0 unspecified atom stereocenters. The van der Waals surface area contributed by atoms with Gasteiger partial charge in [-0.25, -0.2) is 0 Å². The highest BCUT2D eigenvalue weighted by Crippen LogP contribution is 2.20. The van der Waals surface area contributed by atoms with Crippen molar-refractivity contribution in [3.63, 3.8) is 0 Å². The Bertz CT molecular complexity index is 399. The molecule has 4 nitrogen and oxygen atoms in total. The minimum atomic E-state index is -0.366. The summed E-state index contributed by atoms with van der Waals surface area (Å²) in [5, 5.41) is 9.03. The molecule has 0 aromatic heterocycles. The molecule has 0 fully saturated rings. The lowest BCUT2D eigenvalue weighted by molar-refractivity contribution is -0.117. The first-order valence-corrected chi connectivity index (χ1v) is 4.90. The third-order valence-corrected chi connectivity index (χ3v) is 2.11. The van der Waals surface area contributed by atoms with E-state index in [0.717, 1.165) is 11.1 Å². The van der Waals surface area contributed by atoms with Gasteiger partial charge in [-0.15, -0.1) is 0 Å². The molecular formula is C12H15NO3. The number of aliphatic hydroxyl groups excluding tert-OH is 1. The number of methoxy groups -OCH3 is 1. The maximum atomic E-state index is 10.5. The molecule has 1 rings (SSSR count). The molecule has 0 saturated carbocycles. The van der Waals surface area contributed by atoms with Gasteiger partial charge in [0, 0.05) is 12.0 Å². The van der Waals surface area contributed by atoms with E-state index in [4.69, 9.17) is 15.6 Å². The van der Waals surface area contributed by atoms with Gasteiger partial charge >= 0.3 is 0 Å². The van der Waals surface area contributed by atoms with Crippen LogP contribution in [-0.2, 0) is 11.4 Å². The highest BCUT2D eigenvalue weighted by molar-refractivity contribution is 5.76. The van der Waals surface area contributed by atoms with Gasteiger partial charge in [0.25, 0.3) is 0 Å². The van der Waals surface area contributed by atoms with Gasteiger partial charge in [-0.2, -0.15) is 0 Å². The molecule has 0 bridgehead atoms. The van der Waals surface area contributed by atoms with Crippen molar-refractivity contribution in [2.75, 3.05) is 7.11 Å². The second kappa shape index (κ2) is 5.92. The minimum absolute atomic E-state index is 0.0611. The van der Waals surface area contributed by atoms with E-state index < -0.39 is 0 Å². The number of carbonyl (C=O) groups excluding carboxylic acids is 1. The molecule has 3 N–H and O–H groups in total. The Kier molecular flexibility index (Phi) is 4.54. The van der Waals surface area contributed by atoms with E-state index in [1.165, 1.54) is 0 Å². The monoisotopic (exact) mass is 221 g/mol. The van der Waals surface area contributed by atoms with Gasteiger partial charge < -0.3 is 15.6 Å². The van der Waals surface area contributed by atoms with Gasteiger partial charge in [0.2, 0.25) is 5.91 Å². The average Bonchev–Trinajstić information content (AvgIpc) is 2.28. The Morgan fingerprint density at radius 3 is 2.88 bits per heavy atom. The van der Waals surface area contributed by atoms with E-state index in [9.17, 15) is 4.79 Å². The van der Waals surface area contributed by atoms with E-state index >= 15 is 0 Å². The van der Waals surface area contributed by atoms with Gasteiger partial charge in [0.05, 0.1) is 13.7 Å². The van der Waals surface area contributed by atoms with Crippen molar-refractivity contribution in [3.05, 3.63) is 35.4 Å². The number of rotatable bonds is 5. The molecule has 4 heteroatoms. The molecule has 16 heavy (non-hydrogen) atoms. The van der Waals surface area contributed by atoms with Crippen molar-refractivity contribution in [2.45, 2.75) is 13.0 Å². The van der Waals surface area contributed by atoms with Crippen molar-refractivity contribution < 1.29 is 14.6 Å². The summed E-state index contributed by atoms with van der Waals surface area (Å²) in [5.41, 5.74) is 6.64. The fraction of sp³-hybridized carbons (Fsp3) is 0.250. The third kappa shape index (κ3) is 3.40. The van der Waals surface area contributed by atoms with Crippen LogP contribution in [0.2, 0.25) is 0 Å². The highest BCUT2D eigenvalue weighted by atomic mass is 16.5. The molecule has 0 heterocycles. The van der Waals surface area contributed by atoms with Crippen LogP contribution in [0.5, 0.6) is 5.75 Å². The lowest BCUT2D eigenvalue weighted by atomic mass is 10.1. The molecule has 0 aliphatic heterocycles. The lowest BCUT2D eigenvalue weighted by Gasteiger charge is -2.06. The van der Waals surface area contributed by atoms with Crippen molar-refractivity contribution in [1.29, 1.82) is 0 Å². The van der Waals surface area contributed by atoms with Gasteiger partial charge in [0.15, 0.2) is 0 Å². The van der Waals surface area contributed by atoms with E-state index in [1.807, 2.05) is 6.07 Å². The Morgan fingerprint density at radius 2 is 2.31 bits per heavy atom. The number of benzene rings is 1. The van der Waals surface area contributed by atoms with Crippen LogP contribution in [0, 0.1) is 0 Å². The van der Waals surface area contributed by atoms with Gasteiger partial charge in [-0.05, 0) is 11.6 Å². The van der Waals surface area contributed by atoms with E-state index in [2.05, 4.69) is 0 Å². The summed E-state index contributed by atoms with van der Waals surface area (Å²) in [6.45, 7) is -0.0611. The number of amides is 1. The highest BCUT2D eigenvalue weighted by Gasteiger charge is 2.01. The minimum Gasteiger partial charge on any atom is -0.496 e. The van der Waals surface area contributed by atoms with Gasteiger partial charge in [-0.1, -0.05) is 24.3 Å². The number of primary amides is 1. The number of ether oxygens (including phenoxy) is 1. The van der Waals surface area contributed by atoms with Gasteiger partial charge in [-0.3, -0.25) is 4.79 Å². The number of carbonyl (C=O) groups is 1. The van der Waals surface area contributed by atoms with Crippen LogP contribution < -0.4 is 10.5 Å². The summed E-state index contributed by atoms with van der Waals surface area (Å²) in [6.07, 6.45) is 3.69. The molecular weight excluding hydrogens is 206 g/mol. The quantitative estimate of drug-likeness (QED) is 0.781. The molecule has 0 radical (unpaired) electrons. The predicted molar refractivity (Wildman–Crippen MR) is 61.8 cm³/mol. The molecule has 86 valence electrons. The summed E-state index contributed by atoms with van der Waals surface area (Å²) in [5.74, 6) is 0.263.